The predicted molar refractivity (Wildman–Crippen MR) is 116 cm³/mol. The quantitative estimate of drug-likeness (QED) is 0.641. The summed E-state index contributed by atoms with van der Waals surface area (Å²) in [6.07, 6.45) is 2.28. The highest BCUT2D eigenvalue weighted by Crippen LogP contribution is 2.30. The van der Waals surface area contributed by atoms with E-state index in [1.165, 1.54) is 0 Å². The van der Waals surface area contributed by atoms with E-state index in [0.29, 0.717) is 22.9 Å². The van der Waals surface area contributed by atoms with Gasteiger partial charge >= 0.3 is 0 Å². The van der Waals surface area contributed by atoms with E-state index in [-0.39, 0.29) is 23.7 Å². The molecule has 2 aromatic rings. The third-order valence-electron chi connectivity index (χ3n) is 5.59. The topological polar surface area (TPSA) is 102 Å². The fourth-order valence-corrected chi connectivity index (χ4v) is 3.93. The molecule has 9 nitrogen and oxygen atoms in total. The SMILES string of the molecule is CC(C)[C@H](CO)Nc1nc2nc(N3CCNCC3)nc(N3CCCC3)c2nc1Cl. The van der Waals surface area contributed by atoms with Crippen LogP contribution in [0.4, 0.5) is 17.6 Å². The second-order valence-electron chi connectivity index (χ2n) is 7.99. The molecule has 0 unspecified atom stereocenters. The minimum absolute atomic E-state index is 0.0114. The minimum Gasteiger partial charge on any atom is -0.394 e. The molecular formula is C19H29ClN8O. The monoisotopic (exact) mass is 420 g/mol. The van der Waals surface area contributed by atoms with Gasteiger partial charge in [-0.25, -0.2) is 9.97 Å². The molecule has 4 rings (SSSR count). The van der Waals surface area contributed by atoms with Crippen molar-refractivity contribution in [2.75, 3.05) is 61.0 Å². The van der Waals surface area contributed by atoms with Crippen molar-refractivity contribution in [2.45, 2.75) is 32.7 Å². The molecule has 0 aliphatic carbocycles. The number of anilines is 3. The normalized spacial score (nSPS) is 18.7. The van der Waals surface area contributed by atoms with Crippen LogP contribution in [0.2, 0.25) is 5.15 Å². The lowest BCUT2D eigenvalue weighted by Crippen LogP contribution is -2.44. The number of rotatable bonds is 6. The van der Waals surface area contributed by atoms with Crippen molar-refractivity contribution < 1.29 is 5.11 Å². The second-order valence-corrected chi connectivity index (χ2v) is 8.35. The lowest BCUT2D eigenvalue weighted by Gasteiger charge is -2.28. The molecule has 0 bridgehead atoms. The summed E-state index contributed by atoms with van der Waals surface area (Å²) in [5.74, 6) is 2.16. The highest BCUT2D eigenvalue weighted by atomic mass is 35.5. The number of piperazine rings is 1. The standard InChI is InChI=1S/C19H29ClN8O/c1-12(2)13(11-29)22-17-15(20)23-14-16(24-17)25-19(28-9-5-21-6-10-28)26-18(14)27-7-3-4-8-27/h12-13,21,29H,3-11H2,1-2H3,(H,22,24,25,26)/t13-/m0/s1. The van der Waals surface area contributed by atoms with Gasteiger partial charge in [0.2, 0.25) is 5.95 Å². The number of aliphatic hydroxyl groups is 1. The lowest BCUT2D eigenvalue weighted by molar-refractivity contribution is 0.249. The number of hydrogen-bond acceptors (Lipinski definition) is 9. The van der Waals surface area contributed by atoms with Gasteiger partial charge in [-0.05, 0) is 18.8 Å². The molecule has 2 aliphatic heterocycles. The summed E-state index contributed by atoms with van der Waals surface area (Å²) in [5.41, 5.74) is 1.16. The summed E-state index contributed by atoms with van der Waals surface area (Å²) in [6.45, 7) is 9.49. The van der Waals surface area contributed by atoms with Gasteiger partial charge in [-0.1, -0.05) is 25.4 Å². The van der Waals surface area contributed by atoms with Crippen LogP contribution in [-0.4, -0.2) is 77.0 Å². The maximum Gasteiger partial charge on any atom is 0.229 e. The first-order chi connectivity index (χ1) is 14.1. The number of fused-ring (bicyclic) bond motifs is 1. The molecule has 2 aliphatic rings. The molecule has 158 valence electrons. The first kappa shape index (κ1) is 20.3. The molecule has 1 atom stereocenters. The van der Waals surface area contributed by atoms with Crippen molar-refractivity contribution in [1.82, 2.24) is 25.3 Å². The van der Waals surface area contributed by atoms with E-state index >= 15 is 0 Å². The molecular weight excluding hydrogens is 392 g/mol. The van der Waals surface area contributed by atoms with E-state index < -0.39 is 0 Å². The van der Waals surface area contributed by atoms with Gasteiger partial charge in [0.1, 0.15) is 0 Å². The zero-order valence-electron chi connectivity index (χ0n) is 17.0. The Bertz CT molecular complexity index is 852. The average molecular weight is 421 g/mol. The van der Waals surface area contributed by atoms with E-state index in [2.05, 4.69) is 25.4 Å². The molecule has 2 aromatic heterocycles. The van der Waals surface area contributed by atoms with Gasteiger partial charge < -0.3 is 25.5 Å². The summed E-state index contributed by atoms with van der Waals surface area (Å²) in [6, 6.07) is -0.160. The van der Waals surface area contributed by atoms with Crippen molar-refractivity contribution in [3.8, 4) is 0 Å². The van der Waals surface area contributed by atoms with Crippen LogP contribution in [0.1, 0.15) is 26.7 Å². The highest BCUT2D eigenvalue weighted by Gasteiger charge is 2.24. The number of aromatic nitrogens is 4. The van der Waals surface area contributed by atoms with Gasteiger partial charge in [-0.3, -0.25) is 0 Å². The smallest absolute Gasteiger partial charge is 0.229 e. The van der Waals surface area contributed by atoms with Crippen molar-refractivity contribution in [3.63, 3.8) is 0 Å². The number of nitrogens with one attached hydrogen (secondary N) is 2. The molecule has 0 saturated carbocycles. The van der Waals surface area contributed by atoms with Crippen LogP contribution in [0, 0.1) is 5.92 Å². The van der Waals surface area contributed by atoms with E-state index in [1.807, 2.05) is 13.8 Å². The van der Waals surface area contributed by atoms with Crippen LogP contribution in [0.5, 0.6) is 0 Å². The first-order valence-corrected chi connectivity index (χ1v) is 10.8. The van der Waals surface area contributed by atoms with Crippen LogP contribution < -0.4 is 20.4 Å². The Morgan fingerprint density at radius 1 is 1.03 bits per heavy atom. The van der Waals surface area contributed by atoms with Crippen LogP contribution in [0.15, 0.2) is 0 Å². The minimum atomic E-state index is -0.160. The van der Waals surface area contributed by atoms with Gasteiger partial charge in [0.25, 0.3) is 0 Å². The van der Waals surface area contributed by atoms with Crippen molar-refractivity contribution in [2.24, 2.45) is 5.92 Å². The molecule has 0 spiro atoms. The molecule has 4 heterocycles. The summed E-state index contributed by atoms with van der Waals surface area (Å²) >= 11 is 6.47. The molecule has 10 heteroatoms. The van der Waals surface area contributed by atoms with Gasteiger partial charge in [0, 0.05) is 39.3 Å². The van der Waals surface area contributed by atoms with E-state index in [9.17, 15) is 5.11 Å². The number of hydrogen-bond donors (Lipinski definition) is 3. The van der Waals surface area contributed by atoms with E-state index in [0.717, 1.165) is 57.9 Å². The summed E-state index contributed by atoms with van der Waals surface area (Å²) in [7, 11) is 0. The first-order valence-electron chi connectivity index (χ1n) is 10.4. The zero-order valence-corrected chi connectivity index (χ0v) is 17.8. The summed E-state index contributed by atoms with van der Waals surface area (Å²) in [5, 5.41) is 16.5. The third kappa shape index (κ3) is 4.31. The fourth-order valence-electron chi connectivity index (χ4n) is 3.75. The number of halogens is 1. The van der Waals surface area contributed by atoms with Gasteiger partial charge in [0.15, 0.2) is 28.0 Å². The molecule has 0 radical (unpaired) electrons. The Kier molecular flexibility index (Phi) is 6.17. The van der Waals surface area contributed by atoms with Gasteiger partial charge in [0.05, 0.1) is 12.6 Å². The zero-order chi connectivity index (χ0) is 20.4. The Labute approximate surface area is 175 Å². The average Bonchev–Trinajstić information content (AvgIpc) is 3.26. The Hall–Kier alpha value is -1.97. The maximum absolute atomic E-state index is 9.67. The lowest BCUT2D eigenvalue weighted by atomic mass is 10.1. The van der Waals surface area contributed by atoms with Crippen LogP contribution in [0.25, 0.3) is 11.2 Å². The summed E-state index contributed by atoms with van der Waals surface area (Å²) in [4.78, 5) is 23.4. The molecule has 2 saturated heterocycles. The largest absolute Gasteiger partial charge is 0.394 e. The second kappa shape index (κ2) is 8.81. The molecule has 2 fully saturated rings. The Morgan fingerprint density at radius 3 is 2.41 bits per heavy atom. The van der Waals surface area contributed by atoms with Crippen molar-refractivity contribution in [1.29, 1.82) is 0 Å². The van der Waals surface area contributed by atoms with Crippen molar-refractivity contribution in [3.05, 3.63) is 5.15 Å². The summed E-state index contributed by atoms with van der Waals surface area (Å²) < 4.78 is 0. The highest BCUT2D eigenvalue weighted by molar-refractivity contribution is 6.32. The Morgan fingerprint density at radius 2 is 1.76 bits per heavy atom. The van der Waals surface area contributed by atoms with Crippen LogP contribution in [-0.2, 0) is 0 Å². The van der Waals surface area contributed by atoms with E-state index in [4.69, 9.17) is 26.6 Å². The van der Waals surface area contributed by atoms with Crippen LogP contribution >= 0.6 is 11.6 Å². The maximum atomic E-state index is 9.67. The van der Waals surface area contributed by atoms with Crippen LogP contribution in [0.3, 0.4) is 0 Å². The Balaban J connectivity index is 1.78. The van der Waals surface area contributed by atoms with Crippen molar-refractivity contribution >= 4 is 40.3 Å². The molecule has 3 N–H and O–H groups in total. The number of aliphatic hydroxyl groups excluding tert-OH is 1. The number of nitrogens with zero attached hydrogens (tertiary/aromatic N) is 6. The molecule has 29 heavy (non-hydrogen) atoms. The molecule has 0 amide bonds. The molecule has 0 aromatic carbocycles. The van der Waals surface area contributed by atoms with E-state index in [1.54, 1.807) is 0 Å². The fraction of sp³-hybridized carbons (Fsp3) is 0.684. The third-order valence-corrected chi connectivity index (χ3v) is 5.85. The predicted octanol–water partition coefficient (Wildman–Crippen LogP) is 1.51. The van der Waals surface area contributed by atoms with Gasteiger partial charge in [-0.2, -0.15) is 9.97 Å². The van der Waals surface area contributed by atoms with Gasteiger partial charge in [-0.15, -0.1) is 0 Å².